The van der Waals surface area contributed by atoms with Gasteiger partial charge in [-0.05, 0) is 38.6 Å². The van der Waals surface area contributed by atoms with Gasteiger partial charge in [0, 0.05) is 23.9 Å². The molecule has 0 saturated carbocycles. The van der Waals surface area contributed by atoms with E-state index in [1.54, 1.807) is 37.1 Å². The largest absolute Gasteiger partial charge is 0.293 e. The Labute approximate surface area is 134 Å². The Morgan fingerprint density at radius 3 is 2.61 bits per heavy atom. The molecule has 2 rings (SSSR count). The van der Waals surface area contributed by atoms with Crippen LogP contribution in [0.25, 0.3) is 0 Å². The number of halogens is 1. The molecule has 1 heterocycles. The number of aryl methyl sites for hydroxylation is 2. The maximum atomic E-state index is 13.6. The Bertz CT molecular complexity index is 771. The summed E-state index contributed by atoms with van der Waals surface area (Å²) < 4.78 is 14.8. The molecule has 1 aromatic carbocycles. The van der Waals surface area contributed by atoms with Crippen LogP contribution >= 0.6 is 0 Å². The van der Waals surface area contributed by atoms with E-state index < -0.39 is 0 Å². The summed E-state index contributed by atoms with van der Waals surface area (Å²) in [5.74, 6) is -0.636. The summed E-state index contributed by atoms with van der Waals surface area (Å²) in [4.78, 5) is 25.7. The summed E-state index contributed by atoms with van der Waals surface area (Å²) in [6, 6.07) is 9.71. The summed E-state index contributed by atoms with van der Waals surface area (Å²) in [5, 5.41) is 0. The van der Waals surface area contributed by atoms with Crippen LogP contribution in [-0.4, -0.2) is 29.1 Å². The van der Waals surface area contributed by atoms with Gasteiger partial charge in [-0.15, -0.1) is 0 Å². The minimum absolute atomic E-state index is 0.0497. The van der Waals surface area contributed by atoms with Crippen LogP contribution in [0.5, 0.6) is 0 Å². The van der Waals surface area contributed by atoms with Gasteiger partial charge in [-0.1, -0.05) is 18.2 Å². The molecule has 0 saturated heterocycles. The minimum Gasteiger partial charge on any atom is -0.293 e. The average molecular weight is 317 g/mol. The first kappa shape index (κ1) is 16.9. The van der Waals surface area contributed by atoms with Crippen molar-refractivity contribution >= 4 is 5.91 Å². The molecule has 0 fully saturated rings. The van der Waals surface area contributed by atoms with Crippen LogP contribution in [0.1, 0.15) is 16.8 Å². The highest BCUT2D eigenvalue weighted by atomic mass is 19.1. The Hall–Kier alpha value is -2.47. The summed E-state index contributed by atoms with van der Waals surface area (Å²) in [6.07, 6.45) is 0. The van der Waals surface area contributed by atoms with Crippen molar-refractivity contribution in [2.24, 2.45) is 0 Å². The zero-order valence-corrected chi connectivity index (χ0v) is 13.5. The first-order chi connectivity index (χ1) is 10.9. The van der Waals surface area contributed by atoms with Crippen LogP contribution in [0.4, 0.5) is 4.39 Å². The first-order valence-electron chi connectivity index (χ1n) is 7.29. The van der Waals surface area contributed by atoms with Crippen molar-refractivity contribution in [1.82, 2.24) is 9.58 Å². The molecule has 0 aliphatic heterocycles. The molecule has 0 bridgehead atoms. The summed E-state index contributed by atoms with van der Waals surface area (Å²) in [7, 11) is 1.72. The lowest BCUT2D eigenvalue weighted by Crippen LogP contribution is -2.39. The van der Waals surface area contributed by atoms with E-state index in [1.807, 2.05) is 13.0 Å². The van der Waals surface area contributed by atoms with Crippen LogP contribution < -0.4 is 11.0 Å². The fraction of sp³-hybridized carbons (Fsp3) is 0.294. The van der Waals surface area contributed by atoms with Crippen molar-refractivity contribution in [3.8, 4) is 0 Å². The lowest BCUT2D eigenvalue weighted by Gasteiger charge is -2.18. The molecule has 0 aliphatic rings. The average Bonchev–Trinajstić information content (AvgIpc) is 2.45. The highest BCUT2D eigenvalue weighted by molar-refractivity contribution is 5.85. The zero-order chi connectivity index (χ0) is 17.0. The summed E-state index contributed by atoms with van der Waals surface area (Å²) >= 11 is 0. The van der Waals surface area contributed by atoms with Gasteiger partial charge in [0.25, 0.3) is 11.5 Å². The van der Waals surface area contributed by atoms with Gasteiger partial charge < -0.3 is 0 Å². The molecule has 0 spiro atoms. The number of nitrogens with zero attached hydrogens (tertiary/aromatic N) is 2. The Kier molecular flexibility index (Phi) is 5.28. The molecule has 0 unspecified atom stereocenters. The maximum absolute atomic E-state index is 13.6. The van der Waals surface area contributed by atoms with Crippen molar-refractivity contribution in [3.63, 3.8) is 0 Å². The van der Waals surface area contributed by atoms with Gasteiger partial charge in [0.15, 0.2) is 0 Å². The number of nitrogens with one attached hydrogen (secondary N) is 1. The maximum Gasteiger partial charge on any atom is 0.269 e. The molecule has 122 valence electrons. The van der Waals surface area contributed by atoms with Crippen molar-refractivity contribution in [1.29, 1.82) is 0 Å². The molecule has 6 heteroatoms. The van der Waals surface area contributed by atoms with Crippen LogP contribution in [0, 0.1) is 19.7 Å². The van der Waals surface area contributed by atoms with E-state index >= 15 is 0 Å². The van der Waals surface area contributed by atoms with Crippen molar-refractivity contribution < 1.29 is 9.18 Å². The Morgan fingerprint density at radius 1 is 1.26 bits per heavy atom. The van der Waals surface area contributed by atoms with E-state index in [9.17, 15) is 14.0 Å². The second kappa shape index (κ2) is 7.19. The molecule has 0 atom stereocenters. The third-order valence-corrected chi connectivity index (χ3v) is 3.41. The molecule has 0 radical (unpaired) electrons. The van der Waals surface area contributed by atoms with E-state index in [2.05, 4.69) is 5.43 Å². The number of carbonyl (C=O) groups is 1. The van der Waals surface area contributed by atoms with Gasteiger partial charge in [-0.25, -0.2) is 9.07 Å². The highest BCUT2D eigenvalue weighted by Crippen LogP contribution is 2.08. The lowest BCUT2D eigenvalue weighted by molar-refractivity contribution is -0.118. The third kappa shape index (κ3) is 4.50. The predicted molar refractivity (Wildman–Crippen MR) is 87.3 cm³/mol. The number of aromatic nitrogens is 1. The minimum atomic E-state index is -0.335. The second-order valence-electron chi connectivity index (χ2n) is 5.65. The second-order valence-corrected chi connectivity index (χ2v) is 5.65. The van der Waals surface area contributed by atoms with Crippen molar-refractivity contribution in [2.45, 2.75) is 20.4 Å². The van der Waals surface area contributed by atoms with Crippen molar-refractivity contribution in [2.75, 3.05) is 19.0 Å². The molecule has 0 aliphatic carbocycles. The Balaban J connectivity index is 2.00. The molecule has 1 amide bonds. The molecular weight excluding hydrogens is 297 g/mol. The SMILES string of the molecule is Cc1cc(C)n(NC(=O)CN(C)Cc2ccccc2F)c(=O)c1. The number of amides is 1. The zero-order valence-electron chi connectivity index (χ0n) is 13.5. The third-order valence-electron chi connectivity index (χ3n) is 3.41. The predicted octanol–water partition coefficient (Wildman–Crippen LogP) is 1.81. The number of hydrogen-bond donors (Lipinski definition) is 1. The molecule has 1 N–H and O–H groups in total. The van der Waals surface area contributed by atoms with Gasteiger partial charge in [0.1, 0.15) is 5.82 Å². The fourth-order valence-electron chi connectivity index (χ4n) is 2.39. The Morgan fingerprint density at radius 2 is 1.96 bits per heavy atom. The quantitative estimate of drug-likeness (QED) is 0.915. The van der Waals surface area contributed by atoms with Crippen LogP contribution in [-0.2, 0) is 11.3 Å². The van der Waals surface area contributed by atoms with E-state index in [-0.39, 0.29) is 23.8 Å². The first-order valence-corrected chi connectivity index (χ1v) is 7.29. The van der Waals surface area contributed by atoms with Crippen LogP contribution in [0.15, 0.2) is 41.2 Å². The van der Waals surface area contributed by atoms with Gasteiger partial charge >= 0.3 is 0 Å². The molecular formula is C17H20FN3O2. The van der Waals surface area contributed by atoms with E-state index in [0.717, 1.165) is 5.56 Å². The van der Waals surface area contributed by atoms with Gasteiger partial charge in [-0.2, -0.15) is 0 Å². The topological polar surface area (TPSA) is 54.3 Å². The highest BCUT2D eigenvalue weighted by Gasteiger charge is 2.11. The van der Waals surface area contributed by atoms with Gasteiger partial charge in [0.05, 0.1) is 6.54 Å². The summed E-state index contributed by atoms with van der Waals surface area (Å²) in [5.41, 5.74) is 4.30. The number of carbonyl (C=O) groups excluding carboxylic acids is 1. The van der Waals surface area contributed by atoms with Crippen LogP contribution in [0.2, 0.25) is 0 Å². The van der Waals surface area contributed by atoms with E-state index in [0.29, 0.717) is 17.8 Å². The van der Waals surface area contributed by atoms with E-state index in [4.69, 9.17) is 0 Å². The number of likely N-dealkylation sites (N-methyl/N-ethyl adjacent to an activating group) is 1. The van der Waals surface area contributed by atoms with Crippen LogP contribution in [0.3, 0.4) is 0 Å². The van der Waals surface area contributed by atoms with Crippen molar-refractivity contribution in [3.05, 3.63) is 69.4 Å². The molecule has 1 aromatic heterocycles. The molecule has 5 nitrogen and oxygen atoms in total. The number of rotatable bonds is 5. The standard InChI is InChI=1S/C17H20FN3O2/c1-12-8-13(2)21(17(23)9-12)19-16(22)11-20(3)10-14-6-4-5-7-15(14)18/h4-9H,10-11H2,1-3H3,(H,19,22). The van der Waals surface area contributed by atoms with Gasteiger partial charge in [-0.3, -0.25) is 19.9 Å². The molecule has 2 aromatic rings. The monoisotopic (exact) mass is 317 g/mol. The number of hydrogen-bond acceptors (Lipinski definition) is 3. The van der Waals surface area contributed by atoms with Gasteiger partial charge in [0.2, 0.25) is 0 Å². The lowest BCUT2D eigenvalue weighted by atomic mass is 10.2. The number of benzene rings is 1. The smallest absolute Gasteiger partial charge is 0.269 e. The molecule has 23 heavy (non-hydrogen) atoms. The fourth-order valence-corrected chi connectivity index (χ4v) is 2.39. The number of pyridine rings is 1. The van der Waals surface area contributed by atoms with E-state index in [1.165, 1.54) is 16.8 Å². The summed E-state index contributed by atoms with van der Waals surface area (Å²) in [6.45, 7) is 3.93. The normalized spacial score (nSPS) is 10.8.